The number of rotatable bonds is 5. The number of nitrogens with zero attached hydrogens (tertiary/aromatic N) is 3. The molecule has 2 N–H and O–H groups in total. The van der Waals surface area contributed by atoms with E-state index in [4.69, 9.17) is 0 Å². The first-order valence-electron chi connectivity index (χ1n) is 7.63. The van der Waals surface area contributed by atoms with Crippen LogP contribution in [-0.4, -0.2) is 32.3 Å². The fourth-order valence-electron chi connectivity index (χ4n) is 3.00. The van der Waals surface area contributed by atoms with Gasteiger partial charge in [-0.2, -0.15) is 0 Å². The number of H-pyrrole nitrogens is 1. The third-order valence-electron chi connectivity index (χ3n) is 4.04. The van der Waals surface area contributed by atoms with E-state index in [1.807, 2.05) is 12.4 Å². The number of aromatic nitrogens is 3. The Hall–Kier alpha value is -2.21. The van der Waals surface area contributed by atoms with Gasteiger partial charge in [0.2, 0.25) is 5.91 Å². The summed E-state index contributed by atoms with van der Waals surface area (Å²) in [5.74, 6) is -0.0334. The van der Waals surface area contributed by atoms with Gasteiger partial charge in [-0.25, -0.2) is 4.98 Å². The normalized spacial score (nSPS) is 18.5. The molecule has 6 nitrogen and oxygen atoms in total. The number of carbonyl (C=O) groups is 1. The summed E-state index contributed by atoms with van der Waals surface area (Å²) in [7, 11) is 0. The lowest BCUT2D eigenvalue weighted by molar-refractivity contribution is -0.119. The van der Waals surface area contributed by atoms with Crippen LogP contribution in [0.2, 0.25) is 0 Å². The van der Waals surface area contributed by atoms with Gasteiger partial charge in [-0.15, -0.1) is 0 Å². The Morgan fingerprint density at radius 2 is 2.45 bits per heavy atom. The van der Waals surface area contributed by atoms with Crippen molar-refractivity contribution in [1.29, 1.82) is 0 Å². The molecule has 0 unspecified atom stereocenters. The van der Waals surface area contributed by atoms with Crippen molar-refractivity contribution in [2.45, 2.75) is 38.9 Å². The average Bonchev–Trinajstić information content (AvgIpc) is 3.18. The monoisotopic (exact) mass is 299 g/mol. The number of carbonyl (C=O) groups excluding carboxylic acids is 1. The molecule has 1 atom stereocenters. The molecule has 3 heterocycles. The third-order valence-corrected chi connectivity index (χ3v) is 4.04. The summed E-state index contributed by atoms with van der Waals surface area (Å²) >= 11 is 0. The van der Waals surface area contributed by atoms with E-state index >= 15 is 0 Å². The lowest BCUT2D eigenvalue weighted by Gasteiger charge is -2.24. The first-order chi connectivity index (χ1) is 10.7. The van der Waals surface area contributed by atoms with Crippen molar-refractivity contribution in [3.63, 3.8) is 0 Å². The van der Waals surface area contributed by atoms with Crippen LogP contribution in [0.25, 0.3) is 0 Å². The summed E-state index contributed by atoms with van der Waals surface area (Å²) in [5.41, 5.74) is 3.31. The number of hydrogen-bond donors (Lipinski definition) is 2. The number of likely N-dealkylation sites (tertiary alicyclic amines) is 1. The fourth-order valence-corrected chi connectivity index (χ4v) is 3.00. The number of amides is 1. The molecular formula is C16H21N5O. The van der Waals surface area contributed by atoms with Gasteiger partial charge in [0.05, 0.1) is 18.6 Å². The first-order valence-corrected chi connectivity index (χ1v) is 7.63. The minimum atomic E-state index is -0.0334. The summed E-state index contributed by atoms with van der Waals surface area (Å²) in [6.45, 7) is 3.98. The zero-order valence-electron chi connectivity index (χ0n) is 12.7. The Balaban J connectivity index is 1.71. The predicted octanol–water partition coefficient (Wildman–Crippen LogP) is 1.78. The first kappa shape index (κ1) is 14.7. The van der Waals surface area contributed by atoms with Gasteiger partial charge in [0.15, 0.2) is 0 Å². The Labute approximate surface area is 130 Å². The molecule has 1 fully saturated rings. The summed E-state index contributed by atoms with van der Waals surface area (Å²) < 4.78 is 0. The lowest BCUT2D eigenvalue weighted by atomic mass is 10.0. The molecule has 1 aliphatic rings. The van der Waals surface area contributed by atoms with Gasteiger partial charge in [-0.1, -0.05) is 0 Å². The molecule has 22 heavy (non-hydrogen) atoms. The molecule has 116 valence electrons. The Morgan fingerprint density at radius 3 is 3.23 bits per heavy atom. The third kappa shape index (κ3) is 3.51. The summed E-state index contributed by atoms with van der Waals surface area (Å²) in [6, 6.07) is 4.58. The van der Waals surface area contributed by atoms with E-state index in [-0.39, 0.29) is 5.91 Å². The smallest absolute Gasteiger partial charge is 0.217 e. The topological polar surface area (TPSA) is 73.9 Å². The maximum atomic E-state index is 11.0. The van der Waals surface area contributed by atoms with E-state index in [0.717, 1.165) is 30.9 Å². The Kier molecular flexibility index (Phi) is 4.48. The van der Waals surface area contributed by atoms with Crippen LogP contribution in [0.3, 0.4) is 0 Å². The van der Waals surface area contributed by atoms with Crippen molar-refractivity contribution < 1.29 is 4.79 Å². The zero-order valence-corrected chi connectivity index (χ0v) is 12.7. The number of nitrogens with one attached hydrogen (secondary N) is 2. The molecule has 0 radical (unpaired) electrons. The van der Waals surface area contributed by atoms with E-state index in [1.54, 1.807) is 6.33 Å². The molecule has 1 amide bonds. The number of pyridine rings is 1. The van der Waals surface area contributed by atoms with Crippen LogP contribution >= 0.6 is 0 Å². The van der Waals surface area contributed by atoms with E-state index in [1.165, 1.54) is 18.9 Å². The fraction of sp³-hybridized carbons (Fsp3) is 0.438. The average molecular weight is 299 g/mol. The van der Waals surface area contributed by atoms with Gasteiger partial charge in [-0.05, 0) is 37.1 Å². The second-order valence-electron chi connectivity index (χ2n) is 5.70. The molecule has 0 bridgehead atoms. The second-order valence-corrected chi connectivity index (χ2v) is 5.70. The Bertz CT molecular complexity index is 625. The van der Waals surface area contributed by atoms with E-state index in [0.29, 0.717) is 12.6 Å². The van der Waals surface area contributed by atoms with E-state index in [2.05, 4.69) is 37.3 Å². The standard InChI is InChI=1S/C16H21N5O/c1-12(22)19-9-14-7-13(4-5-18-14)16-3-2-6-21(16)10-15-8-17-11-20-15/h4-5,7-8,11,16H,2-3,6,9-10H2,1H3,(H,17,20)(H,19,22)/t16-/m0/s1. The number of imidazole rings is 1. The van der Waals surface area contributed by atoms with Crippen LogP contribution in [0.4, 0.5) is 0 Å². The molecule has 1 aliphatic heterocycles. The van der Waals surface area contributed by atoms with Gasteiger partial charge in [-0.3, -0.25) is 14.7 Å². The highest BCUT2D eigenvalue weighted by atomic mass is 16.1. The predicted molar refractivity (Wildman–Crippen MR) is 82.7 cm³/mol. The molecule has 2 aromatic rings. The lowest BCUT2D eigenvalue weighted by Crippen LogP contribution is -2.23. The second kappa shape index (κ2) is 6.70. The van der Waals surface area contributed by atoms with Gasteiger partial charge in [0.1, 0.15) is 0 Å². The SMILES string of the molecule is CC(=O)NCc1cc([C@@H]2CCCN2Cc2cnc[nH]2)ccn1. The maximum Gasteiger partial charge on any atom is 0.217 e. The van der Waals surface area contributed by atoms with Crippen LogP contribution in [0.5, 0.6) is 0 Å². The largest absolute Gasteiger partial charge is 0.351 e. The van der Waals surface area contributed by atoms with Crippen LogP contribution in [0, 0.1) is 0 Å². The molecule has 0 saturated carbocycles. The van der Waals surface area contributed by atoms with Gasteiger partial charge >= 0.3 is 0 Å². The minimum Gasteiger partial charge on any atom is -0.351 e. The van der Waals surface area contributed by atoms with Crippen molar-refractivity contribution in [3.8, 4) is 0 Å². The minimum absolute atomic E-state index is 0.0334. The molecular weight excluding hydrogens is 278 g/mol. The maximum absolute atomic E-state index is 11.0. The molecule has 0 spiro atoms. The van der Waals surface area contributed by atoms with Crippen LogP contribution in [0.15, 0.2) is 30.9 Å². The molecule has 0 aromatic carbocycles. The highest BCUT2D eigenvalue weighted by Crippen LogP contribution is 2.32. The molecule has 1 saturated heterocycles. The van der Waals surface area contributed by atoms with Crippen molar-refractivity contribution in [2.75, 3.05) is 6.54 Å². The van der Waals surface area contributed by atoms with E-state index < -0.39 is 0 Å². The molecule has 0 aliphatic carbocycles. The van der Waals surface area contributed by atoms with Crippen molar-refractivity contribution in [3.05, 3.63) is 47.8 Å². The van der Waals surface area contributed by atoms with Crippen molar-refractivity contribution in [2.24, 2.45) is 0 Å². The van der Waals surface area contributed by atoms with Crippen molar-refractivity contribution >= 4 is 5.91 Å². The molecule has 3 rings (SSSR count). The quantitative estimate of drug-likeness (QED) is 0.882. The zero-order chi connectivity index (χ0) is 15.4. The number of aromatic amines is 1. The van der Waals surface area contributed by atoms with Gasteiger partial charge < -0.3 is 10.3 Å². The molecule has 6 heteroatoms. The van der Waals surface area contributed by atoms with Gasteiger partial charge in [0.25, 0.3) is 0 Å². The summed E-state index contributed by atoms with van der Waals surface area (Å²) in [6.07, 6.45) is 7.78. The summed E-state index contributed by atoms with van der Waals surface area (Å²) in [5, 5.41) is 2.80. The van der Waals surface area contributed by atoms with Crippen LogP contribution < -0.4 is 5.32 Å². The summed E-state index contributed by atoms with van der Waals surface area (Å²) in [4.78, 5) is 25.1. The molecule has 2 aromatic heterocycles. The number of hydrogen-bond acceptors (Lipinski definition) is 4. The Morgan fingerprint density at radius 1 is 1.55 bits per heavy atom. The van der Waals surface area contributed by atoms with Crippen LogP contribution in [0.1, 0.15) is 42.8 Å². The highest BCUT2D eigenvalue weighted by molar-refractivity contribution is 5.72. The van der Waals surface area contributed by atoms with E-state index in [9.17, 15) is 4.79 Å². The van der Waals surface area contributed by atoms with Crippen molar-refractivity contribution in [1.82, 2.24) is 25.2 Å². The highest BCUT2D eigenvalue weighted by Gasteiger charge is 2.26. The van der Waals surface area contributed by atoms with Gasteiger partial charge in [0, 0.05) is 37.6 Å². The van der Waals surface area contributed by atoms with Crippen LogP contribution in [-0.2, 0) is 17.9 Å².